The average molecular weight is 423 g/mol. The van der Waals surface area contributed by atoms with Gasteiger partial charge in [-0.1, -0.05) is 12.1 Å². The Morgan fingerprint density at radius 2 is 1.47 bits per heavy atom. The highest BCUT2D eigenvalue weighted by Crippen LogP contribution is 2.05. The predicted molar refractivity (Wildman–Crippen MR) is 122 cm³/mol. The number of likely N-dealkylation sites (N-methyl/N-ethyl adjacent to an activating group) is 2. The zero-order chi connectivity index (χ0) is 21.7. The van der Waals surface area contributed by atoms with Gasteiger partial charge in [-0.3, -0.25) is 9.89 Å². The summed E-state index contributed by atoms with van der Waals surface area (Å²) in [5.41, 5.74) is 0. The number of anilines is 1. The summed E-state index contributed by atoms with van der Waals surface area (Å²) in [5, 5.41) is 0. The Morgan fingerprint density at radius 1 is 0.867 bits per heavy atom. The second-order valence-corrected chi connectivity index (χ2v) is 6.64. The van der Waals surface area contributed by atoms with Crippen LogP contribution in [0.3, 0.4) is 0 Å². The van der Waals surface area contributed by atoms with Crippen molar-refractivity contribution in [3.8, 4) is 0 Å². The van der Waals surface area contributed by atoms with Gasteiger partial charge in [0, 0.05) is 32.5 Å². The largest absolute Gasteiger partial charge is 0.378 e. The summed E-state index contributed by atoms with van der Waals surface area (Å²) in [7, 11) is 4.02. The molecule has 0 saturated heterocycles. The fourth-order valence-corrected chi connectivity index (χ4v) is 2.28. The van der Waals surface area contributed by atoms with Crippen molar-refractivity contribution in [2.75, 3.05) is 91.6 Å². The van der Waals surface area contributed by atoms with Gasteiger partial charge in [0.1, 0.15) is 5.82 Å². The third-order valence-electron chi connectivity index (χ3n) is 4.05. The standard InChI is InChI=1S/C22H38N4O4/c1-4-5-9-23-21-25(2)11-13-27-15-17-29-19-20-30-18-16-28-14-12-26(3)22-8-6-7-10-24-22/h4-10H,11-21H2,1-3H3/b5-4-,23-9?. The van der Waals surface area contributed by atoms with Crippen molar-refractivity contribution in [2.24, 2.45) is 4.99 Å². The minimum atomic E-state index is 0.560. The topological polar surface area (TPSA) is 68.7 Å². The van der Waals surface area contributed by atoms with Crippen LogP contribution in [0.25, 0.3) is 0 Å². The number of ether oxygens (including phenoxy) is 4. The maximum Gasteiger partial charge on any atom is 0.128 e. The van der Waals surface area contributed by atoms with Gasteiger partial charge in [-0.25, -0.2) is 4.98 Å². The first-order valence-corrected chi connectivity index (χ1v) is 10.5. The smallest absolute Gasteiger partial charge is 0.128 e. The Morgan fingerprint density at radius 3 is 2.03 bits per heavy atom. The zero-order valence-corrected chi connectivity index (χ0v) is 18.7. The predicted octanol–water partition coefficient (Wildman–Crippen LogP) is 2.12. The van der Waals surface area contributed by atoms with Crippen molar-refractivity contribution in [1.29, 1.82) is 0 Å². The van der Waals surface area contributed by atoms with E-state index in [0.29, 0.717) is 59.5 Å². The first-order valence-electron chi connectivity index (χ1n) is 10.5. The molecule has 1 rings (SSSR count). The molecule has 0 aliphatic heterocycles. The maximum absolute atomic E-state index is 5.58. The Kier molecular flexibility index (Phi) is 16.7. The summed E-state index contributed by atoms with van der Waals surface area (Å²) in [5.74, 6) is 0.944. The van der Waals surface area contributed by atoms with Gasteiger partial charge in [0.05, 0.1) is 59.5 Å². The summed E-state index contributed by atoms with van der Waals surface area (Å²) in [6.07, 6.45) is 7.47. The maximum atomic E-state index is 5.58. The van der Waals surface area contributed by atoms with Crippen LogP contribution in [0, 0.1) is 0 Å². The summed E-state index contributed by atoms with van der Waals surface area (Å²) in [4.78, 5) is 12.7. The lowest BCUT2D eigenvalue weighted by atomic mass is 10.4. The molecule has 8 heteroatoms. The lowest BCUT2D eigenvalue weighted by Gasteiger charge is -2.17. The molecule has 1 heterocycles. The summed E-state index contributed by atoms with van der Waals surface area (Å²) in [6, 6.07) is 5.87. The van der Waals surface area contributed by atoms with Crippen molar-refractivity contribution in [1.82, 2.24) is 9.88 Å². The van der Waals surface area contributed by atoms with Crippen LogP contribution < -0.4 is 4.90 Å². The van der Waals surface area contributed by atoms with Crippen LogP contribution in [0.1, 0.15) is 6.92 Å². The fourth-order valence-electron chi connectivity index (χ4n) is 2.28. The lowest BCUT2D eigenvalue weighted by Crippen LogP contribution is -2.24. The van der Waals surface area contributed by atoms with E-state index in [-0.39, 0.29) is 0 Å². The normalized spacial score (nSPS) is 11.9. The van der Waals surface area contributed by atoms with E-state index >= 15 is 0 Å². The molecule has 0 aromatic carbocycles. The van der Waals surface area contributed by atoms with Gasteiger partial charge in [-0.05, 0) is 32.2 Å². The van der Waals surface area contributed by atoms with Crippen molar-refractivity contribution < 1.29 is 18.9 Å². The number of nitrogens with zero attached hydrogens (tertiary/aromatic N) is 4. The van der Waals surface area contributed by atoms with E-state index in [9.17, 15) is 0 Å². The first-order chi connectivity index (χ1) is 14.7. The van der Waals surface area contributed by atoms with Gasteiger partial charge in [0.15, 0.2) is 0 Å². The molecule has 0 fully saturated rings. The van der Waals surface area contributed by atoms with Crippen molar-refractivity contribution >= 4 is 12.0 Å². The van der Waals surface area contributed by atoms with Crippen molar-refractivity contribution in [2.45, 2.75) is 6.92 Å². The highest BCUT2D eigenvalue weighted by Gasteiger charge is 2.00. The molecule has 8 nitrogen and oxygen atoms in total. The number of aliphatic imine (C=N–C) groups is 1. The van der Waals surface area contributed by atoms with E-state index in [2.05, 4.69) is 19.8 Å². The van der Waals surface area contributed by atoms with E-state index in [1.54, 1.807) is 6.20 Å². The molecule has 0 amide bonds. The lowest BCUT2D eigenvalue weighted by molar-refractivity contribution is -0.00258. The average Bonchev–Trinajstić information content (AvgIpc) is 2.77. The molecule has 1 aromatic heterocycles. The molecule has 0 bridgehead atoms. The number of hydrogen-bond acceptors (Lipinski definition) is 8. The third-order valence-corrected chi connectivity index (χ3v) is 4.05. The molecule has 170 valence electrons. The highest BCUT2D eigenvalue weighted by molar-refractivity contribution is 5.70. The van der Waals surface area contributed by atoms with Crippen LogP contribution in [-0.2, 0) is 18.9 Å². The van der Waals surface area contributed by atoms with Gasteiger partial charge in [-0.15, -0.1) is 0 Å². The molecule has 0 radical (unpaired) electrons. The van der Waals surface area contributed by atoms with Gasteiger partial charge in [0.2, 0.25) is 0 Å². The second kappa shape index (κ2) is 19.1. The quantitative estimate of drug-likeness (QED) is 0.250. The van der Waals surface area contributed by atoms with E-state index in [1.807, 2.05) is 57.6 Å². The summed E-state index contributed by atoms with van der Waals surface area (Å²) in [6.45, 7) is 9.00. The van der Waals surface area contributed by atoms with Gasteiger partial charge < -0.3 is 23.8 Å². The Balaban J connectivity index is 1.79. The van der Waals surface area contributed by atoms with E-state index in [1.165, 1.54) is 0 Å². The molecule has 0 unspecified atom stereocenters. The number of pyridine rings is 1. The molecule has 0 spiro atoms. The number of rotatable bonds is 19. The minimum absolute atomic E-state index is 0.560. The Labute approximate surface area is 181 Å². The van der Waals surface area contributed by atoms with Crippen LogP contribution in [0.4, 0.5) is 5.82 Å². The molecule has 0 aliphatic carbocycles. The number of aromatic nitrogens is 1. The molecular formula is C22H38N4O4. The molecule has 0 saturated carbocycles. The first kappa shape index (κ1) is 26.2. The molecule has 1 aromatic rings. The molecule has 0 atom stereocenters. The molecule has 0 aliphatic rings. The van der Waals surface area contributed by atoms with E-state index in [0.717, 1.165) is 18.9 Å². The zero-order valence-electron chi connectivity index (χ0n) is 18.7. The Hall–Kier alpha value is -1.84. The number of hydrogen-bond donors (Lipinski definition) is 0. The molecular weight excluding hydrogens is 384 g/mol. The SMILES string of the molecule is C/C=C\C=NCN(C)CCOCCOCCOCCOCCN(C)c1ccccn1. The number of allylic oxidation sites excluding steroid dienone is 2. The minimum Gasteiger partial charge on any atom is -0.378 e. The monoisotopic (exact) mass is 422 g/mol. The third kappa shape index (κ3) is 15.1. The fraction of sp³-hybridized carbons (Fsp3) is 0.636. The second-order valence-electron chi connectivity index (χ2n) is 6.64. The van der Waals surface area contributed by atoms with Gasteiger partial charge >= 0.3 is 0 Å². The van der Waals surface area contributed by atoms with Crippen LogP contribution in [0.2, 0.25) is 0 Å². The summed E-state index contributed by atoms with van der Waals surface area (Å²) < 4.78 is 22.1. The molecule has 0 N–H and O–H groups in total. The van der Waals surface area contributed by atoms with E-state index in [4.69, 9.17) is 18.9 Å². The van der Waals surface area contributed by atoms with E-state index < -0.39 is 0 Å². The van der Waals surface area contributed by atoms with Crippen molar-refractivity contribution in [3.63, 3.8) is 0 Å². The van der Waals surface area contributed by atoms with Crippen LogP contribution in [0.15, 0.2) is 41.5 Å². The van der Waals surface area contributed by atoms with Gasteiger partial charge in [-0.2, -0.15) is 0 Å². The van der Waals surface area contributed by atoms with Crippen LogP contribution in [0.5, 0.6) is 0 Å². The Bertz CT molecular complexity index is 557. The summed E-state index contributed by atoms with van der Waals surface area (Å²) >= 11 is 0. The van der Waals surface area contributed by atoms with Crippen LogP contribution >= 0.6 is 0 Å². The molecule has 30 heavy (non-hydrogen) atoms. The highest BCUT2D eigenvalue weighted by atomic mass is 16.6. The van der Waals surface area contributed by atoms with Gasteiger partial charge in [0.25, 0.3) is 0 Å². The van der Waals surface area contributed by atoms with Crippen LogP contribution in [-0.4, -0.2) is 103 Å². The van der Waals surface area contributed by atoms with Crippen molar-refractivity contribution in [3.05, 3.63) is 36.5 Å².